The van der Waals surface area contributed by atoms with Crippen molar-refractivity contribution in [3.05, 3.63) is 25.5 Å². The molecule has 14 heavy (non-hydrogen) atoms. The third-order valence-corrected chi connectivity index (χ3v) is 3.10. The van der Waals surface area contributed by atoms with Gasteiger partial charge in [-0.3, -0.25) is 0 Å². The van der Waals surface area contributed by atoms with Crippen molar-refractivity contribution in [1.29, 1.82) is 5.26 Å². The molecule has 0 bridgehead atoms. The molecular formula is C8H4BrF2IN2. The van der Waals surface area contributed by atoms with E-state index in [-0.39, 0.29) is 16.6 Å². The third-order valence-electron chi connectivity index (χ3n) is 1.53. The van der Waals surface area contributed by atoms with Crippen LogP contribution in [0.25, 0.3) is 0 Å². The van der Waals surface area contributed by atoms with Crippen LogP contribution in [-0.4, -0.2) is 4.98 Å². The molecule has 0 saturated carbocycles. The van der Waals surface area contributed by atoms with Gasteiger partial charge in [-0.05, 0) is 50.2 Å². The van der Waals surface area contributed by atoms with Crippen LogP contribution in [0.1, 0.15) is 17.6 Å². The van der Waals surface area contributed by atoms with Crippen molar-refractivity contribution in [1.82, 2.24) is 4.98 Å². The lowest BCUT2D eigenvalue weighted by Crippen LogP contribution is -1.98. The van der Waals surface area contributed by atoms with Crippen molar-refractivity contribution < 1.29 is 8.78 Å². The molecule has 6 heteroatoms. The molecule has 1 rings (SSSR count). The first-order chi connectivity index (χ1) is 6.56. The summed E-state index contributed by atoms with van der Waals surface area (Å²) in [6.07, 6.45) is -2.48. The van der Waals surface area contributed by atoms with Crippen molar-refractivity contribution in [3.63, 3.8) is 0 Å². The van der Waals surface area contributed by atoms with Crippen LogP contribution in [0.5, 0.6) is 0 Å². The number of hydrogen-bond acceptors (Lipinski definition) is 2. The van der Waals surface area contributed by atoms with Crippen LogP contribution in [0.4, 0.5) is 8.78 Å². The summed E-state index contributed by atoms with van der Waals surface area (Å²) < 4.78 is 25.6. The van der Waals surface area contributed by atoms with Gasteiger partial charge in [-0.25, -0.2) is 13.8 Å². The molecule has 0 aliphatic rings. The van der Waals surface area contributed by atoms with E-state index in [0.29, 0.717) is 9.26 Å². The second kappa shape index (κ2) is 4.98. The normalized spacial score (nSPS) is 10.3. The molecule has 2 nitrogen and oxygen atoms in total. The summed E-state index contributed by atoms with van der Waals surface area (Å²) in [6.45, 7) is 0. The van der Waals surface area contributed by atoms with Gasteiger partial charge in [0.05, 0.1) is 18.1 Å². The highest BCUT2D eigenvalue weighted by Gasteiger charge is 2.15. The molecule has 1 heterocycles. The molecular weight excluding hydrogens is 369 g/mol. The number of nitriles is 1. The zero-order valence-corrected chi connectivity index (χ0v) is 10.5. The second-order valence-electron chi connectivity index (χ2n) is 2.45. The molecule has 0 radical (unpaired) electrons. The minimum atomic E-state index is -2.58. The van der Waals surface area contributed by atoms with Crippen molar-refractivity contribution in [3.8, 4) is 6.07 Å². The summed E-state index contributed by atoms with van der Waals surface area (Å²) in [7, 11) is 0. The van der Waals surface area contributed by atoms with Gasteiger partial charge in [0.15, 0.2) is 0 Å². The van der Waals surface area contributed by atoms with Crippen molar-refractivity contribution in [2.24, 2.45) is 0 Å². The highest BCUT2D eigenvalue weighted by molar-refractivity contribution is 14.1. The number of nitrogens with zero attached hydrogens (tertiary/aromatic N) is 2. The minimum Gasteiger partial charge on any atom is -0.234 e. The minimum absolute atomic E-state index is 0.0955. The smallest absolute Gasteiger partial charge is 0.234 e. The fourth-order valence-electron chi connectivity index (χ4n) is 0.892. The van der Waals surface area contributed by atoms with Gasteiger partial charge in [-0.1, -0.05) is 0 Å². The van der Waals surface area contributed by atoms with E-state index in [4.69, 9.17) is 5.26 Å². The van der Waals surface area contributed by atoms with Gasteiger partial charge in [0.2, 0.25) is 0 Å². The Labute approximate surface area is 102 Å². The number of alkyl halides is 2. The zero-order chi connectivity index (χ0) is 10.7. The molecule has 0 amide bonds. The Bertz CT molecular complexity index is 390. The fourth-order valence-corrected chi connectivity index (χ4v) is 2.28. The maximum absolute atomic E-state index is 12.4. The highest BCUT2D eigenvalue weighted by atomic mass is 127. The molecule has 0 unspecified atom stereocenters. The quantitative estimate of drug-likeness (QED) is 0.589. The lowest BCUT2D eigenvalue weighted by molar-refractivity contribution is 0.150. The maximum Gasteiger partial charge on any atom is 0.266 e. The Hall–Kier alpha value is -0.290. The summed E-state index contributed by atoms with van der Waals surface area (Å²) in [4.78, 5) is 3.89. The number of rotatable bonds is 2. The SMILES string of the molecule is N#CCc1cc(C(F)F)c(Br)nc1I. The lowest BCUT2D eigenvalue weighted by atomic mass is 10.2. The molecule has 0 aromatic carbocycles. The Kier molecular flexibility index (Phi) is 4.19. The van der Waals surface area contributed by atoms with Crippen LogP contribution < -0.4 is 0 Å². The third kappa shape index (κ3) is 2.60. The van der Waals surface area contributed by atoms with Crippen molar-refractivity contribution >= 4 is 38.5 Å². The second-order valence-corrected chi connectivity index (χ2v) is 4.23. The van der Waals surface area contributed by atoms with Gasteiger partial charge in [-0.15, -0.1) is 0 Å². The van der Waals surface area contributed by atoms with Gasteiger partial charge in [0.25, 0.3) is 6.43 Å². The first kappa shape index (κ1) is 11.8. The van der Waals surface area contributed by atoms with E-state index >= 15 is 0 Å². The van der Waals surface area contributed by atoms with Crippen LogP contribution in [-0.2, 0) is 6.42 Å². The fraction of sp³-hybridized carbons (Fsp3) is 0.250. The average Bonchev–Trinajstić information content (AvgIpc) is 2.09. The lowest BCUT2D eigenvalue weighted by Gasteiger charge is -2.06. The first-order valence-electron chi connectivity index (χ1n) is 3.56. The Balaban J connectivity index is 3.21. The largest absolute Gasteiger partial charge is 0.266 e. The molecule has 0 aliphatic heterocycles. The summed E-state index contributed by atoms with van der Waals surface area (Å²) in [5, 5.41) is 8.46. The van der Waals surface area contributed by atoms with Crippen LogP contribution in [0.2, 0.25) is 0 Å². The first-order valence-corrected chi connectivity index (χ1v) is 5.43. The van der Waals surface area contributed by atoms with Gasteiger partial charge >= 0.3 is 0 Å². The molecule has 1 aromatic heterocycles. The number of halogens is 4. The topological polar surface area (TPSA) is 36.7 Å². The molecule has 0 atom stereocenters. The summed E-state index contributed by atoms with van der Waals surface area (Å²) in [5.74, 6) is 0. The molecule has 0 spiro atoms. The number of aromatic nitrogens is 1. The van der Waals surface area contributed by atoms with E-state index in [1.807, 2.05) is 28.7 Å². The van der Waals surface area contributed by atoms with Gasteiger partial charge in [-0.2, -0.15) is 5.26 Å². The van der Waals surface area contributed by atoms with Gasteiger partial charge < -0.3 is 0 Å². The van der Waals surface area contributed by atoms with Crippen molar-refractivity contribution in [2.75, 3.05) is 0 Å². The Morgan fingerprint density at radius 2 is 2.29 bits per heavy atom. The van der Waals surface area contributed by atoms with Crippen molar-refractivity contribution in [2.45, 2.75) is 12.8 Å². The maximum atomic E-state index is 12.4. The van der Waals surface area contributed by atoms with E-state index in [9.17, 15) is 8.78 Å². The Morgan fingerprint density at radius 3 is 2.79 bits per heavy atom. The summed E-state index contributed by atoms with van der Waals surface area (Å²) in [6, 6.07) is 3.22. The molecule has 0 N–H and O–H groups in total. The predicted molar refractivity (Wildman–Crippen MR) is 58.9 cm³/mol. The van der Waals surface area contributed by atoms with E-state index in [1.165, 1.54) is 6.07 Å². The Morgan fingerprint density at radius 1 is 1.64 bits per heavy atom. The van der Waals surface area contributed by atoms with Gasteiger partial charge in [0.1, 0.15) is 8.30 Å². The molecule has 0 aliphatic carbocycles. The van der Waals surface area contributed by atoms with Crippen LogP contribution >= 0.6 is 38.5 Å². The summed E-state index contributed by atoms with van der Waals surface area (Å²) >= 11 is 4.87. The van der Waals surface area contributed by atoms with E-state index in [1.54, 1.807) is 0 Å². The zero-order valence-electron chi connectivity index (χ0n) is 6.77. The predicted octanol–water partition coefficient (Wildman–Crippen LogP) is 3.45. The molecule has 0 saturated heterocycles. The van der Waals surface area contributed by atoms with Crippen LogP contribution in [0.3, 0.4) is 0 Å². The van der Waals surface area contributed by atoms with Crippen LogP contribution in [0.15, 0.2) is 10.7 Å². The van der Waals surface area contributed by atoms with Gasteiger partial charge in [0, 0.05) is 0 Å². The highest BCUT2D eigenvalue weighted by Crippen LogP contribution is 2.28. The molecule has 74 valence electrons. The van der Waals surface area contributed by atoms with E-state index in [2.05, 4.69) is 20.9 Å². The standard InChI is InChI=1S/C8H4BrF2IN2/c9-6-5(7(10)11)3-4(1-2-13)8(12)14-6/h3,7H,1H2. The number of hydrogen-bond donors (Lipinski definition) is 0. The molecule has 0 fully saturated rings. The summed E-state index contributed by atoms with van der Waals surface area (Å²) in [5.41, 5.74) is 0.363. The molecule has 1 aromatic rings. The number of pyridine rings is 1. The van der Waals surface area contributed by atoms with E-state index < -0.39 is 6.43 Å². The van der Waals surface area contributed by atoms with E-state index in [0.717, 1.165) is 0 Å². The average molecular weight is 373 g/mol. The van der Waals surface area contributed by atoms with Crippen LogP contribution in [0, 0.1) is 15.0 Å². The monoisotopic (exact) mass is 372 g/mol.